The number of hydrogen-bond donors (Lipinski definition) is 1. The first-order valence-corrected chi connectivity index (χ1v) is 8.96. The van der Waals surface area contributed by atoms with Gasteiger partial charge in [0.05, 0.1) is 16.9 Å². The van der Waals surface area contributed by atoms with E-state index in [1.165, 1.54) is 19.2 Å². The number of sulfonamides is 1. The molecule has 23 heavy (non-hydrogen) atoms. The Bertz CT molecular complexity index is 707. The monoisotopic (exact) mass is 341 g/mol. The van der Waals surface area contributed by atoms with Gasteiger partial charge in [-0.15, -0.1) is 0 Å². The third-order valence-electron chi connectivity index (χ3n) is 4.51. The minimum Gasteiger partial charge on any atom is -0.490 e. The average molecular weight is 341 g/mol. The Morgan fingerprint density at radius 3 is 2.74 bits per heavy atom. The number of nitro benzene ring substituents is 1. The largest absolute Gasteiger partial charge is 0.490 e. The van der Waals surface area contributed by atoms with E-state index < -0.39 is 14.9 Å². The zero-order chi connectivity index (χ0) is 16.6. The quantitative estimate of drug-likeness (QED) is 0.650. The topological polar surface area (TPSA) is 102 Å². The van der Waals surface area contributed by atoms with Crippen molar-refractivity contribution >= 4 is 15.7 Å². The minimum atomic E-state index is -3.77. The van der Waals surface area contributed by atoms with Gasteiger partial charge in [0.1, 0.15) is 0 Å². The summed E-state index contributed by atoms with van der Waals surface area (Å²) in [5.74, 6) is 0.0504. The molecule has 8 nitrogen and oxygen atoms in total. The summed E-state index contributed by atoms with van der Waals surface area (Å²) in [6.45, 7) is 1.41. The zero-order valence-corrected chi connectivity index (χ0v) is 13.6. The van der Waals surface area contributed by atoms with Gasteiger partial charge in [-0.3, -0.25) is 10.1 Å². The van der Waals surface area contributed by atoms with Crippen molar-refractivity contribution in [2.75, 3.05) is 20.2 Å². The van der Waals surface area contributed by atoms with Crippen molar-refractivity contribution in [2.24, 2.45) is 0 Å². The molecule has 1 N–H and O–H groups in total. The lowest BCUT2D eigenvalue weighted by molar-refractivity contribution is -0.386. The molecule has 2 heterocycles. The van der Waals surface area contributed by atoms with Crippen LogP contribution in [-0.2, 0) is 10.0 Å². The van der Waals surface area contributed by atoms with E-state index in [-0.39, 0.29) is 28.4 Å². The first kappa shape index (κ1) is 16.2. The summed E-state index contributed by atoms with van der Waals surface area (Å²) in [6.07, 6.45) is 2.41. The Kier molecular flexibility index (Phi) is 4.26. The number of nitrogens with zero attached hydrogens (tertiary/aromatic N) is 2. The molecule has 1 aromatic carbocycles. The number of nitrogens with one attached hydrogen (secondary N) is 1. The van der Waals surface area contributed by atoms with Crippen LogP contribution in [0.1, 0.15) is 19.3 Å². The molecule has 9 heteroatoms. The molecule has 0 spiro atoms. The fourth-order valence-corrected chi connectivity index (χ4v) is 5.35. The number of hydrogen-bond acceptors (Lipinski definition) is 6. The number of nitro groups is 1. The van der Waals surface area contributed by atoms with E-state index in [9.17, 15) is 18.5 Å². The summed E-state index contributed by atoms with van der Waals surface area (Å²) in [5.41, 5.74) is -0.339. The molecule has 2 atom stereocenters. The molecule has 0 radical (unpaired) electrons. The maximum atomic E-state index is 13.0. The van der Waals surface area contributed by atoms with Gasteiger partial charge in [0, 0.05) is 24.7 Å². The molecule has 1 aromatic rings. The van der Waals surface area contributed by atoms with Crippen LogP contribution >= 0.6 is 0 Å². The molecule has 2 aliphatic rings. The highest BCUT2D eigenvalue weighted by Crippen LogP contribution is 2.36. The highest BCUT2D eigenvalue weighted by molar-refractivity contribution is 7.89. The van der Waals surface area contributed by atoms with Gasteiger partial charge in [0.15, 0.2) is 5.75 Å². The highest BCUT2D eigenvalue weighted by atomic mass is 32.2. The number of benzene rings is 1. The van der Waals surface area contributed by atoms with Crippen LogP contribution in [-0.4, -0.2) is 49.9 Å². The van der Waals surface area contributed by atoms with Crippen molar-refractivity contribution in [1.82, 2.24) is 9.62 Å². The van der Waals surface area contributed by atoms with E-state index in [0.717, 1.165) is 31.9 Å². The molecule has 0 saturated carbocycles. The van der Waals surface area contributed by atoms with Crippen molar-refractivity contribution in [2.45, 2.75) is 36.2 Å². The van der Waals surface area contributed by atoms with Crippen LogP contribution in [0.25, 0.3) is 0 Å². The third-order valence-corrected chi connectivity index (χ3v) is 6.51. The fourth-order valence-electron chi connectivity index (χ4n) is 3.43. The fraction of sp³-hybridized carbons (Fsp3) is 0.571. The van der Waals surface area contributed by atoms with Gasteiger partial charge in [0.25, 0.3) is 0 Å². The Morgan fingerprint density at radius 2 is 2.04 bits per heavy atom. The second-order valence-corrected chi connectivity index (χ2v) is 7.65. The van der Waals surface area contributed by atoms with Crippen LogP contribution < -0.4 is 10.1 Å². The van der Waals surface area contributed by atoms with Crippen LogP contribution in [0.3, 0.4) is 0 Å². The normalized spacial score (nSPS) is 25.1. The average Bonchev–Trinajstić information content (AvgIpc) is 2.80. The van der Waals surface area contributed by atoms with E-state index in [1.54, 1.807) is 4.31 Å². The molecule has 2 unspecified atom stereocenters. The molecule has 2 saturated heterocycles. The van der Waals surface area contributed by atoms with Crippen LogP contribution in [0, 0.1) is 10.1 Å². The van der Waals surface area contributed by atoms with Gasteiger partial charge in [-0.1, -0.05) is 0 Å². The van der Waals surface area contributed by atoms with Gasteiger partial charge in [-0.05, 0) is 37.9 Å². The summed E-state index contributed by atoms with van der Waals surface area (Å²) in [5, 5.41) is 14.4. The van der Waals surface area contributed by atoms with Crippen molar-refractivity contribution in [3.05, 3.63) is 28.3 Å². The van der Waals surface area contributed by atoms with Crippen molar-refractivity contribution in [3.63, 3.8) is 0 Å². The lowest BCUT2D eigenvalue weighted by Gasteiger charge is -2.26. The van der Waals surface area contributed by atoms with E-state index in [2.05, 4.69) is 5.32 Å². The maximum Gasteiger partial charge on any atom is 0.312 e. The Balaban J connectivity index is 2.03. The second-order valence-electron chi connectivity index (χ2n) is 5.80. The molecular weight excluding hydrogens is 322 g/mol. The second kappa shape index (κ2) is 6.06. The molecule has 2 bridgehead atoms. The summed E-state index contributed by atoms with van der Waals surface area (Å²) >= 11 is 0. The number of methoxy groups -OCH3 is 1. The van der Waals surface area contributed by atoms with Crippen molar-refractivity contribution < 1.29 is 18.1 Å². The van der Waals surface area contributed by atoms with Crippen LogP contribution in [0.5, 0.6) is 5.75 Å². The molecule has 0 aromatic heterocycles. The Labute approximate surface area is 134 Å². The summed E-state index contributed by atoms with van der Waals surface area (Å²) < 4.78 is 32.5. The number of fused-ring (bicyclic) bond motifs is 2. The lowest BCUT2D eigenvalue weighted by atomic mass is 10.1. The highest BCUT2D eigenvalue weighted by Gasteiger charge is 2.43. The number of ether oxygens (including phenoxy) is 1. The molecule has 0 aliphatic carbocycles. The van der Waals surface area contributed by atoms with E-state index in [4.69, 9.17) is 4.74 Å². The Hall–Kier alpha value is -1.71. The standard InChI is InChI=1S/C14H19N3O5S/c1-22-14-5-4-12(8-13(14)17(18)19)23(20,21)16-10-2-3-11(16)9-15-7-6-10/h4-5,8,10-11,15H,2-3,6-7,9H2,1H3. The SMILES string of the molecule is COc1ccc(S(=O)(=O)N2C3CCNCC2CC3)cc1[N+](=O)[O-]. The smallest absolute Gasteiger partial charge is 0.312 e. The Morgan fingerprint density at radius 1 is 1.30 bits per heavy atom. The summed E-state index contributed by atoms with van der Waals surface area (Å²) in [6, 6.07) is 3.67. The molecule has 126 valence electrons. The lowest BCUT2D eigenvalue weighted by Crippen LogP contribution is -2.42. The molecular formula is C14H19N3O5S. The number of rotatable bonds is 4. The summed E-state index contributed by atoms with van der Waals surface area (Å²) in [4.78, 5) is 10.5. The van der Waals surface area contributed by atoms with Gasteiger partial charge in [0.2, 0.25) is 10.0 Å². The first-order chi connectivity index (χ1) is 10.9. The molecule has 2 fully saturated rings. The van der Waals surface area contributed by atoms with Crippen molar-refractivity contribution in [1.29, 1.82) is 0 Å². The minimum absolute atomic E-state index is 0.0406. The summed E-state index contributed by atoms with van der Waals surface area (Å²) in [7, 11) is -2.45. The van der Waals surface area contributed by atoms with E-state index >= 15 is 0 Å². The van der Waals surface area contributed by atoms with Crippen LogP contribution in [0.15, 0.2) is 23.1 Å². The van der Waals surface area contributed by atoms with Crippen LogP contribution in [0.2, 0.25) is 0 Å². The predicted octanol–water partition coefficient (Wildman–Crippen LogP) is 1.12. The van der Waals surface area contributed by atoms with Gasteiger partial charge >= 0.3 is 5.69 Å². The van der Waals surface area contributed by atoms with E-state index in [0.29, 0.717) is 6.54 Å². The third kappa shape index (κ3) is 2.79. The van der Waals surface area contributed by atoms with E-state index in [1.807, 2.05) is 0 Å². The molecule has 3 rings (SSSR count). The van der Waals surface area contributed by atoms with Gasteiger partial charge < -0.3 is 10.1 Å². The molecule has 0 amide bonds. The van der Waals surface area contributed by atoms with Crippen LogP contribution in [0.4, 0.5) is 5.69 Å². The van der Waals surface area contributed by atoms with Gasteiger partial charge in [-0.25, -0.2) is 8.42 Å². The van der Waals surface area contributed by atoms with Crippen molar-refractivity contribution in [3.8, 4) is 5.75 Å². The predicted molar refractivity (Wildman–Crippen MR) is 83.0 cm³/mol. The zero-order valence-electron chi connectivity index (χ0n) is 12.8. The van der Waals surface area contributed by atoms with Gasteiger partial charge in [-0.2, -0.15) is 4.31 Å². The first-order valence-electron chi connectivity index (χ1n) is 7.52. The maximum absolute atomic E-state index is 13.0. The molecule has 2 aliphatic heterocycles.